The van der Waals surface area contributed by atoms with E-state index in [1.54, 1.807) is 11.3 Å². The van der Waals surface area contributed by atoms with Crippen LogP contribution < -0.4 is 0 Å². The molecule has 0 saturated carbocycles. The summed E-state index contributed by atoms with van der Waals surface area (Å²) in [5.41, 5.74) is 1.01. The third kappa shape index (κ3) is 3.31. The molecule has 1 aromatic heterocycles. The number of rotatable bonds is 1. The van der Waals surface area contributed by atoms with Crippen LogP contribution in [0, 0.1) is 0 Å². The molecule has 2 aromatic rings. The van der Waals surface area contributed by atoms with Crippen LogP contribution in [0.15, 0.2) is 29.3 Å². The molecular formula is C16H20N4O2S. The van der Waals surface area contributed by atoms with Gasteiger partial charge < -0.3 is 19.3 Å². The fraction of sp³-hybridized carbons (Fsp3) is 0.500. The molecule has 0 amide bonds. The molecule has 4 rings (SSSR count). The van der Waals surface area contributed by atoms with Gasteiger partial charge in [-0.05, 0) is 12.1 Å². The van der Waals surface area contributed by atoms with Crippen LogP contribution in [0.3, 0.4) is 0 Å². The van der Waals surface area contributed by atoms with E-state index in [0.717, 1.165) is 69.2 Å². The van der Waals surface area contributed by atoms with E-state index in [0.29, 0.717) is 0 Å². The monoisotopic (exact) mass is 332 g/mol. The molecule has 3 heterocycles. The van der Waals surface area contributed by atoms with Gasteiger partial charge in [-0.25, -0.2) is 4.98 Å². The molecule has 2 saturated heterocycles. The summed E-state index contributed by atoms with van der Waals surface area (Å²) in [5, 5.41) is 0.819. The van der Waals surface area contributed by atoms with Gasteiger partial charge in [-0.3, -0.25) is 0 Å². The minimum atomic E-state index is 0.753. The highest BCUT2D eigenvalue weighted by Gasteiger charge is 2.23. The second-order valence-electron chi connectivity index (χ2n) is 5.57. The maximum absolute atomic E-state index is 5.48. The minimum absolute atomic E-state index is 0.753. The lowest BCUT2D eigenvalue weighted by Crippen LogP contribution is -2.52. The predicted octanol–water partition coefficient (Wildman–Crippen LogP) is 1.95. The van der Waals surface area contributed by atoms with Gasteiger partial charge in [-0.2, -0.15) is 4.99 Å². The van der Waals surface area contributed by atoms with E-state index in [1.165, 1.54) is 4.70 Å². The maximum Gasteiger partial charge on any atom is 0.213 e. The first-order chi connectivity index (χ1) is 11.4. The lowest BCUT2D eigenvalue weighted by atomic mass is 10.3. The van der Waals surface area contributed by atoms with E-state index in [1.807, 2.05) is 18.2 Å². The molecule has 6 nitrogen and oxygen atoms in total. The van der Waals surface area contributed by atoms with E-state index >= 15 is 0 Å². The van der Waals surface area contributed by atoms with Crippen molar-refractivity contribution in [2.75, 3.05) is 52.6 Å². The van der Waals surface area contributed by atoms with Crippen LogP contribution in [0.5, 0.6) is 0 Å². The minimum Gasteiger partial charge on any atom is -0.378 e. The van der Waals surface area contributed by atoms with Crippen molar-refractivity contribution in [2.45, 2.75) is 0 Å². The number of guanidine groups is 1. The summed E-state index contributed by atoms with van der Waals surface area (Å²) >= 11 is 1.64. The number of hydrogen-bond donors (Lipinski definition) is 0. The fourth-order valence-corrected chi connectivity index (χ4v) is 3.69. The van der Waals surface area contributed by atoms with Crippen molar-refractivity contribution in [3.05, 3.63) is 24.3 Å². The van der Waals surface area contributed by atoms with Crippen molar-refractivity contribution in [2.24, 2.45) is 4.99 Å². The Hall–Kier alpha value is -1.70. The molecule has 2 aliphatic rings. The van der Waals surface area contributed by atoms with Crippen molar-refractivity contribution in [1.29, 1.82) is 0 Å². The van der Waals surface area contributed by atoms with E-state index < -0.39 is 0 Å². The average molecular weight is 332 g/mol. The van der Waals surface area contributed by atoms with Crippen molar-refractivity contribution in [3.8, 4) is 0 Å². The van der Waals surface area contributed by atoms with Gasteiger partial charge in [0.2, 0.25) is 11.1 Å². The van der Waals surface area contributed by atoms with E-state index in [-0.39, 0.29) is 0 Å². The second-order valence-corrected chi connectivity index (χ2v) is 6.58. The Kier molecular flexibility index (Phi) is 4.41. The summed E-state index contributed by atoms with van der Waals surface area (Å²) in [5.74, 6) is 1.01. The van der Waals surface area contributed by atoms with Crippen molar-refractivity contribution < 1.29 is 9.47 Å². The van der Waals surface area contributed by atoms with Gasteiger partial charge in [-0.15, -0.1) is 0 Å². The number of para-hydroxylation sites is 1. The maximum atomic E-state index is 5.48. The highest BCUT2D eigenvalue weighted by molar-refractivity contribution is 7.22. The molecule has 122 valence electrons. The first-order valence-electron chi connectivity index (χ1n) is 8.00. The molecule has 0 aliphatic carbocycles. The quantitative estimate of drug-likeness (QED) is 0.590. The average Bonchev–Trinajstić information content (AvgIpc) is 3.04. The van der Waals surface area contributed by atoms with Crippen molar-refractivity contribution >= 4 is 32.6 Å². The van der Waals surface area contributed by atoms with Crippen LogP contribution in [0.1, 0.15) is 0 Å². The first kappa shape index (κ1) is 14.9. The zero-order valence-electron chi connectivity index (χ0n) is 13.0. The molecule has 2 aliphatic heterocycles. The van der Waals surface area contributed by atoms with Gasteiger partial charge in [0.05, 0.1) is 36.6 Å². The number of nitrogens with zero attached hydrogens (tertiary/aromatic N) is 4. The Morgan fingerprint density at radius 2 is 1.57 bits per heavy atom. The smallest absolute Gasteiger partial charge is 0.213 e. The lowest BCUT2D eigenvalue weighted by Gasteiger charge is -2.37. The number of fused-ring (bicyclic) bond motifs is 1. The van der Waals surface area contributed by atoms with E-state index in [2.05, 4.69) is 20.9 Å². The molecule has 23 heavy (non-hydrogen) atoms. The number of ether oxygens (including phenoxy) is 2. The number of aliphatic imine (C=N–C) groups is 1. The SMILES string of the molecule is c1ccc2sc(N=C(N3CCOCC3)N3CCOCC3)nc2c1. The Balaban J connectivity index is 1.67. The summed E-state index contributed by atoms with van der Waals surface area (Å²) in [6.07, 6.45) is 0. The molecule has 0 spiro atoms. The number of thiazole rings is 1. The van der Waals surface area contributed by atoms with Gasteiger partial charge in [0.15, 0.2) is 0 Å². The van der Waals surface area contributed by atoms with E-state index in [9.17, 15) is 0 Å². The van der Waals surface area contributed by atoms with Gasteiger partial charge in [0, 0.05) is 26.2 Å². The second kappa shape index (κ2) is 6.82. The molecule has 2 fully saturated rings. The van der Waals surface area contributed by atoms with Gasteiger partial charge in [0.1, 0.15) is 0 Å². The summed E-state index contributed by atoms with van der Waals surface area (Å²) in [4.78, 5) is 14.2. The highest BCUT2D eigenvalue weighted by Crippen LogP contribution is 2.28. The Morgan fingerprint density at radius 3 is 2.17 bits per heavy atom. The molecule has 0 radical (unpaired) electrons. The van der Waals surface area contributed by atoms with E-state index in [4.69, 9.17) is 14.5 Å². The highest BCUT2D eigenvalue weighted by atomic mass is 32.1. The number of morpholine rings is 2. The Morgan fingerprint density at radius 1 is 0.957 bits per heavy atom. The normalized spacial score (nSPS) is 19.1. The number of aromatic nitrogens is 1. The lowest BCUT2D eigenvalue weighted by molar-refractivity contribution is 0.0422. The topological polar surface area (TPSA) is 50.2 Å². The largest absolute Gasteiger partial charge is 0.378 e. The van der Waals surface area contributed by atoms with Crippen LogP contribution in [0.4, 0.5) is 5.13 Å². The summed E-state index contributed by atoms with van der Waals surface area (Å²) in [6.45, 7) is 6.52. The van der Waals surface area contributed by atoms with Crippen LogP contribution in [0.2, 0.25) is 0 Å². The summed E-state index contributed by atoms with van der Waals surface area (Å²) in [7, 11) is 0. The standard InChI is InChI=1S/C16H20N4O2S/c1-2-4-14-13(3-1)17-15(23-14)18-16(19-5-9-21-10-6-19)20-7-11-22-12-8-20/h1-4H,5-12H2. The molecule has 1 aromatic carbocycles. The molecule has 7 heteroatoms. The van der Waals surface area contributed by atoms with Crippen LogP contribution in [-0.2, 0) is 9.47 Å². The molecular weight excluding hydrogens is 312 g/mol. The molecule has 0 atom stereocenters. The molecule has 0 N–H and O–H groups in total. The van der Waals surface area contributed by atoms with Crippen LogP contribution in [0.25, 0.3) is 10.2 Å². The zero-order chi connectivity index (χ0) is 15.5. The van der Waals surface area contributed by atoms with Gasteiger partial charge in [0.25, 0.3) is 0 Å². The van der Waals surface area contributed by atoms with Crippen molar-refractivity contribution in [3.63, 3.8) is 0 Å². The van der Waals surface area contributed by atoms with Gasteiger partial charge >= 0.3 is 0 Å². The Bertz CT molecular complexity index is 637. The predicted molar refractivity (Wildman–Crippen MR) is 91.5 cm³/mol. The Labute approximate surface area is 139 Å². The summed E-state index contributed by atoms with van der Waals surface area (Å²) in [6, 6.07) is 8.18. The fourth-order valence-electron chi connectivity index (χ4n) is 2.86. The van der Waals surface area contributed by atoms with Crippen LogP contribution >= 0.6 is 11.3 Å². The zero-order valence-corrected chi connectivity index (χ0v) is 13.8. The molecule has 0 bridgehead atoms. The third-order valence-electron chi connectivity index (χ3n) is 4.07. The van der Waals surface area contributed by atoms with Gasteiger partial charge in [-0.1, -0.05) is 23.5 Å². The first-order valence-corrected chi connectivity index (χ1v) is 8.81. The number of benzene rings is 1. The van der Waals surface area contributed by atoms with Crippen molar-refractivity contribution in [1.82, 2.24) is 14.8 Å². The van der Waals surface area contributed by atoms with Crippen LogP contribution in [-0.4, -0.2) is 73.3 Å². The molecule has 0 unspecified atom stereocenters. The third-order valence-corrected chi connectivity index (χ3v) is 5.00. The number of hydrogen-bond acceptors (Lipinski definition) is 5. The summed E-state index contributed by atoms with van der Waals surface area (Å²) < 4.78 is 12.1.